The van der Waals surface area contributed by atoms with Crippen molar-refractivity contribution in [3.63, 3.8) is 0 Å². The molecule has 11 heavy (non-hydrogen) atoms. The van der Waals surface area contributed by atoms with E-state index in [4.69, 9.17) is 11.6 Å². The van der Waals surface area contributed by atoms with Crippen LogP contribution in [0.3, 0.4) is 0 Å². The summed E-state index contributed by atoms with van der Waals surface area (Å²) >= 11 is 5.62. The van der Waals surface area contributed by atoms with Crippen LogP contribution in [0.5, 0.6) is 0 Å². The van der Waals surface area contributed by atoms with Crippen molar-refractivity contribution >= 4 is 11.6 Å². The molecule has 0 heterocycles. The van der Waals surface area contributed by atoms with E-state index in [1.54, 1.807) is 0 Å². The lowest BCUT2D eigenvalue weighted by molar-refractivity contribution is 0.433. The lowest BCUT2D eigenvalue weighted by Crippen LogP contribution is -1.99. The first-order valence-electron chi connectivity index (χ1n) is 4.70. The number of rotatable bonds is 7. The molecule has 0 aromatic heterocycles. The maximum Gasteiger partial charge on any atom is 0.0223 e. The Hall–Kier alpha value is 0.290. The topological polar surface area (TPSA) is 0 Å². The van der Waals surface area contributed by atoms with Crippen molar-refractivity contribution in [2.45, 2.75) is 45.4 Å². The number of hydrogen-bond donors (Lipinski definition) is 0. The zero-order chi connectivity index (χ0) is 8.53. The lowest BCUT2D eigenvalue weighted by atomic mass is 9.95. The van der Waals surface area contributed by atoms with E-state index in [1.807, 2.05) is 0 Å². The number of unbranched alkanes of at least 4 members (excludes halogenated alkanes) is 1. The van der Waals surface area contributed by atoms with Gasteiger partial charge in [-0.05, 0) is 18.8 Å². The third kappa shape index (κ3) is 6.68. The predicted octanol–water partition coefficient (Wildman–Crippen LogP) is 4.04. The Bertz CT molecular complexity index is 63.3. The van der Waals surface area contributed by atoms with Gasteiger partial charge in [0.2, 0.25) is 0 Å². The molecule has 0 N–H and O–H groups in total. The minimum absolute atomic E-state index is 0.808. The molecule has 0 fully saturated rings. The molecule has 1 atom stereocenters. The summed E-state index contributed by atoms with van der Waals surface area (Å²) in [6.07, 6.45) is 7.51. The van der Waals surface area contributed by atoms with Crippen LogP contribution in [0.1, 0.15) is 45.4 Å². The smallest absolute Gasteiger partial charge is 0.0223 e. The summed E-state index contributed by atoms with van der Waals surface area (Å²) in [5, 5.41) is 0. The zero-order valence-electron chi connectivity index (χ0n) is 7.61. The van der Waals surface area contributed by atoms with Crippen molar-refractivity contribution in [1.82, 2.24) is 0 Å². The molecule has 0 saturated heterocycles. The third-order valence-corrected chi connectivity index (χ3v) is 2.39. The van der Waals surface area contributed by atoms with Crippen LogP contribution in [0.25, 0.3) is 0 Å². The van der Waals surface area contributed by atoms with Gasteiger partial charge in [-0.15, -0.1) is 11.6 Å². The summed E-state index contributed by atoms with van der Waals surface area (Å²) < 4.78 is 0. The molecule has 0 saturated carbocycles. The third-order valence-electron chi connectivity index (χ3n) is 2.12. The molecule has 1 radical (unpaired) electrons. The van der Waals surface area contributed by atoms with Gasteiger partial charge in [0.05, 0.1) is 0 Å². The highest BCUT2D eigenvalue weighted by molar-refractivity contribution is 6.17. The molecule has 0 spiro atoms. The highest BCUT2D eigenvalue weighted by Crippen LogP contribution is 2.18. The standard InChI is InChI=1S/C10H20Cl/c1-3-5-7-10(4-2)8-6-9-11/h10H,2-9H2,1H3. The first-order valence-corrected chi connectivity index (χ1v) is 5.23. The van der Waals surface area contributed by atoms with Gasteiger partial charge in [0.15, 0.2) is 0 Å². The molecule has 0 aliphatic rings. The van der Waals surface area contributed by atoms with Crippen molar-refractivity contribution in [3.8, 4) is 0 Å². The highest BCUT2D eigenvalue weighted by Gasteiger charge is 2.03. The molecule has 0 aromatic carbocycles. The molecule has 0 amide bonds. The van der Waals surface area contributed by atoms with E-state index in [0.29, 0.717) is 0 Å². The van der Waals surface area contributed by atoms with Crippen molar-refractivity contribution in [1.29, 1.82) is 0 Å². The SMILES string of the molecule is [CH2]CC(CCCC)CCCCl. The number of halogens is 1. The van der Waals surface area contributed by atoms with Crippen molar-refractivity contribution in [2.24, 2.45) is 5.92 Å². The minimum atomic E-state index is 0.808. The Labute approximate surface area is 76.3 Å². The van der Waals surface area contributed by atoms with E-state index in [1.165, 1.54) is 25.7 Å². The van der Waals surface area contributed by atoms with Crippen molar-refractivity contribution in [2.75, 3.05) is 5.88 Å². The van der Waals surface area contributed by atoms with E-state index < -0.39 is 0 Å². The Morgan fingerprint density at radius 3 is 2.36 bits per heavy atom. The van der Waals surface area contributed by atoms with Crippen LogP contribution in [0.4, 0.5) is 0 Å². The minimum Gasteiger partial charge on any atom is -0.127 e. The molecule has 0 rings (SSSR count). The fourth-order valence-electron chi connectivity index (χ4n) is 1.29. The Morgan fingerprint density at radius 1 is 1.27 bits per heavy atom. The number of hydrogen-bond acceptors (Lipinski definition) is 0. The maximum atomic E-state index is 5.62. The van der Waals surface area contributed by atoms with Gasteiger partial charge in [-0.25, -0.2) is 0 Å². The van der Waals surface area contributed by atoms with Crippen LogP contribution < -0.4 is 0 Å². The summed E-state index contributed by atoms with van der Waals surface area (Å²) in [6, 6.07) is 0. The van der Waals surface area contributed by atoms with E-state index in [0.717, 1.165) is 24.6 Å². The molecular weight excluding hydrogens is 156 g/mol. The molecule has 0 aromatic rings. The van der Waals surface area contributed by atoms with Crippen LogP contribution in [-0.2, 0) is 0 Å². The second-order valence-corrected chi connectivity index (χ2v) is 3.51. The van der Waals surface area contributed by atoms with Crippen LogP contribution in [0.15, 0.2) is 0 Å². The molecule has 1 heteroatoms. The molecule has 0 aliphatic heterocycles. The van der Waals surface area contributed by atoms with Gasteiger partial charge in [0.1, 0.15) is 0 Å². The Kier molecular flexibility index (Phi) is 8.61. The van der Waals surface area contributed by atoms with Gasteiger partial charge in [-0.1, -0.05) is 39.5 Å². The average Bonchev–Trinajstić information content (AvgIpc) is 2.05. The molecule has 0 bridgehead atoms. The maximum absolute atomic E-state index is 5.62. The lowest BCUT2D eigenvalue weighted by Gasteiger charge is -2.12. The predicted molar refractivity (Wildman–Crippen MR) is 52.9 cm³/mol. The summed E-state index contributed by atoms with van der Waals surface area (Å²) in [5.74, 6) is 1.64. The van der Waals surface area contributed by atoms with E-state index in [9.17, 15) is 0 Å². The van der Waals surface area contributed by atoms with Gasteiger partial charge in [-0.2, -0.15) is 0 Å². The van der Waals surface area contributed by atoms with Crippen molar-refractivity contribution in [3.05, 3.63) is 6.92 Å². The fourth-order valence-corrected chi connectivity index (χ4v) is 1.45. The second kappa shape index (κ2) is 8.39. The van der Waals surface area contributed by atoms with Crippen LogP contribution in [-0.4, -0.2) is 5.88 Å². The first kappa shape index (κ1) is 11.3. The normalized spacial score (nSPS) is 13.4. The molecule has 67 valence electrons. The fraction of sp³-hybridized carbons (Fsp3) is 0.900. The van der Waals surface area contributed by atoms with E-state index in [2.05, 4.69) is 13.8 Å². The first-order chi connectivity index (χ1) is 5.35. The average molecular weight is 176 g/mol. The largest absolute Gasteiger partial charge is 0.127 e. The zero-order valence-corrected chi connectivity index (χ0v) is 8.37. The number of alkyl halides is 1. The summed E-state index contributed by atoms with van der Waals surface area (Å²) in [4.78, 5) is 0. The van der Waals surface area contributed by atoms with Gasteiger partial charge in [-0.3, -0.25) is 0 Å². The van der Waals surface area contributed by atoms with Crippen molar-refractivity contribution < 1.29 is 0 Å². The van der Waals surface area contributed by atoms with Gasteiger partial charge < -0.3 is 0 Å². The van der Waals surface area contributed by atoms with Gasteiger partial charge in [0, 0.05) is 5.88 Å². The Balaban J connectivity index is 3.25. The van der Waals surface area contributed by atoms with Gasteiger partial charge in [0.25, 0.3) is 0 Å². The molecule has 0 nitrogen and oxygen atoms in total. The van der Waals surface area contributed by atoms with E-state index in [-0.39, 0.29) is 0 Å². The summed E-state index contributed by atoms with van der Waals surface area (Å²) in [5.41, 5.74) is 0. The van der Waals surface area contributed by atoms with E-state index >= 15 is 0 Å². The molecule has 1 unspecified atom stereocenters. The highest BCUT2D eigenvalue weighted by atomic mass is 35.5. The van der Waals surface area contributed by atoms with Crippen LogP contribution in [0.2, 0.25) is 0 Å². The molecule has 0 aliphatic carbocycles. The second-order valence-electron chi connectivity index (χ2n) is 3.13. The summed E-state index contributed by atoms with van der Waals surface area (Å²) in [7, 11) is 0. The van der Waals surface area contributed by atoms with Crippen LogP contribution >= 0.6 is 11.6 Å². The monoisotopic (exact) mass is 175 g/mol. The Morgan fingerprint density at radius 2 is 1.91 bits per heavy atom. The molecular formula is C10H20Cl. The quantitative estimate of drug-likeness (QED) is 0.513. The van der Waals surface area contributed by atoms with Crippen LogP contribution in [0, 0.1) is 12.8 Å². The van der Waals surface area contributed by atoms with Gasteiger partial charge >= 0.3 is 0 Å². The summed E-state index contributed by atoms with van der Waals surface area (Å²) in [6.45, 7) is 6.19.